The topological polar surface area (TPSA) is 76.3 Å². The second kappa shape index (κ2) is 6.04. The lowest BCUT2D eigenvalue weighted by Gasteiger charge is -2.03. The van der Waals surface area contributed by atoms with Gasteiger partial charge >= 0.3 is 6.18 Å². The Bertz CT molecular complexity index is 1110. The summed E-state index contributed by atoms with van der Waals surface area (Å²) in [5.74, 6) is -1.02. The van der Waals surface area contributed by atoms with Crippen molar-refractivity contribution in [2.24, 2.45) is 5.10 Å². The lowest BCUT2D eigenvalue weighted by molar-refractivity contribution is -0.141. The monoisotopic (exact) mass is 372 g/mol. The van der Waals surface area contributed by atoms with Gasteiger partial charge in [-0.3, -0.25) is 14.3 Å². The van der Waals surface area contributed by atoms with Crippen LogP contribution >= 0.6 is 0 Å². The van der Waals surface area contributed by atoms with Gasteiger partial charge in [0.2, 0.25) is 5.78 Å². The molecule has 1 aliphatic carbocycles. The Morgan fingerprint density at radius 2 is 1.81 bits per heavy atom. The van der Waals surface area contributed by atoms with Crippen molar-refractivity contribution in [3.8, 4) is 0 Å². The predicted molar refractivity (Wildman–Crippen MR) is 90.2 cm³/mol. The molecule has 0 radical (unpaired) electrons. The van der Waals surface area contributed by atoms with Gasteiger partial charge in [-0.25, -0.2) is 5.43 Å². The van der Waals surface area contributed by atoms with Crippen molar-refractivity contribution in [2.75, 3.05) is 0 Å². The number of rotatable bonds is 3. The third-order valence-electron chi connectivity index (χ3n) is 4.15. The summed E-state index contributed by atoms with van der Waals surface area (Å²) in [6, 6.07) is 11.5. The number of benzene rings is 2. The summed E-state index contributed by atoms with van der Waals surface area (Å²) in [7, 11) is 0. The number of Topliss-reactive ketones (excluding diaryl/α,β-unsaturated/α-hetero) is 1. The van der Waals surface area contributed by atoms with Crippen LogP contribution in [-0.4, -0.2) is 27.2 Å². The van der Waals surface area contributed by atoms with E-state index in [2.05, 4.69) is 15.6 Å². The van der Waals surface area contributed by atoms with Crippen molar-refractivity contribution >= 4 is 28.2 Å². The molecule has 4 rings (SSSR count). The Kier molecular flexibility index (Phi) is 3.79. The molecule has 0 saturated heterocycles. The summed E-state index contributed by atoms with van der Waals surface area (Å²) in [4.78, 5) is 24.5. The third kappa shape index (κ3) is 2.97. The number of carbonyl (C=O) groups excluding carboxylic acids is 2. The number of ketones is 1. The summed E-state index contributed by atoms with van der Waals surface area (Å²) < 4.78 is 38.5. The number of halogens is 3. The molecule has 1 aromatic heterocycles. The standard InChI is InChI=1S/C18H11F3N4O2/c19-18(20,21)13-7-8-25(24-13)9-14(26)22-23-16-11-5-1-3-10-4-2-6-12(15(10)11)17(16)27/h1-8H,9H2,(H,22,26)/b23-16+. The zero-order chi connectivity index (χ0) is 19.2. The van der Waals surface area contributed by atoms with Gasteiger partial charge in [0.25, 0.3) is 5.91 Å². The highest BCUT2D eigenvalue weighted by Gasteiger charge is 2.33. The molecule has 0 aliphatic heterocycles. The number of hydrazone groups is 1. The van der Waals surface area contributed by atoms with Crippen molar-refractivity contribution < 1.29 is 22.8 Å². The van der Waals surface area contributed by atoms with Gasteiger partial charge in [0.1, 0.15) is 12.3 Å². The fourth-order valence-electron chi connectivity index (χ4n) is 2.99. The van der Waals surface area contributed by atoms with Gasteiger partial charge in [-0.2, -0.15) is 23.4 Å². The molecule has 2 aromatic carbocycles. The van der Waals surface area contributed by atoms with Gasteiger partial charge in [-0.15, -0.1) is 0 Å². The molecule has 0 saturated carbocycles. The molecule has 9 heteroatoms. The number of aromatic nitrogens is 2. The molecule has 0 bridgehead atoms. The average molecular weight is 372 g/mol. The van der Waals surface area contributed by atoms with Crippen LogP contribution in [0.4, 0.5) is 13.2 Å². The number of carbonyl (C=O) groups is 2. The van der Waals surface area contributed by atoms with Crippen LogP contribution in [0.3, 0.4) is 0 Å². The quantitative estimate of drug-likeness (QED) is 0.719. The molecule has 3 aromatic rings. The molecule has 1 aliphatic rings. The zero-order valence-electron chi connectivity index (χ0n) is 13.6. The molecular formula is C18H11F3N4O2. The van der Waals surface area contributed by atoms with Crippen LogP contribution in [0.5, 0.6) is 0 Å². The van der Waals surface area contributed by atoms with Crippen LogP contribution in [0.1, 0.15) is 21.6 Å². The van der Waals surface area contributed by atoms with E-state index in [9.17, 15) is 22.8 Å². The average Bonchev–Trinajstić information content (AvgIpc) is 3.19. The lowest BCUT2D eigenvalue weighted by Crippen LogP contribution is -2.26. The minimum atomic E-state index is -4.58. The van der Waals surface area contributed by atoms with Crippen molar-refractivity contribution in [3.63, 3.8) is 0 Å². The maximum Gasteiger partial charge on any atom is 0.435 e. The molecule has 0 atom stereocenters. The first-order chi connectivity index (χ1) is 12.8. The second-order valence-electron chi connectivity index (χ2n) is 5.93. The van der Waals surface area contributed by atoms with Crippen LogP contribution in [0.15, 0.2) is 53.8 Å². The summed E-state index contributed by atoms with van der Waals surface area (Å²) >= 11 is 0. The van der Waals surface area contributed by atoms with Crippen molar-refractivity contribution in [1.29, 1.82) is 0 Å². The fraction of sp³-hybridized carbons (Fsp3) is 0.111. The summed E-state index contributed by atoms with van der Waals surface area (Å²) in [6.07, 6.45) is -3.53. The Morgan fingerprint density at radius 3 is 2.48 bits per heavy atom. The van der Waals surface area contributed by atoms with Gasteiger partial charge in [0.05, 0.1) is 0 Å². The molecular weight excluding hydrogens is 361 g/mol. The highest BCUT2D eigenvalue weighted by atomic mass is 19.4. The molecule has 1 amide bonds. The van der Waals surface area contributed by atoms with Gasteiger partial charge in [0, 0.05) is 22.7 Å². The first-order valence-corrected chi connectivity index (χ1v) is 7.88. The predicted octanol–water partition coefficient (Wildman–Crippen LogP) is 2.77. The third-order valence-corrected chi connectivity index (χ3v) is 4.15. The van der Waals surface area contributed by atoms with Crippen LogP contribution in [-0.2, 0) is 17.5 Å². The zero-order valence-corrected chi connectivity index (χ0v) is 13.6. The number of nitrogens with one attached hydrogen (secondary N) is 1. The molecule has 0 unspecified atom stereocenters. The SMILES string of the molecule is O=C(Cn1ccc(C(F)(F)F)n1)N/N=C1/C(=O)c2cccc3cccc1c23. The van der Waals surface area contributed by atoms with E-state index >= 15 is 0 Å². The Labute approximate surface area is 150 Å². The molecule has 1 heterocycles. The molecule has 6 nitrogen and oxygen atoms in total. The largest absolute Gasteiger partial charge is 0.435 e. The highest BCUT2D eigenvalue weighted by molar-refractivity contribution is 6.59. The molecule has 136 valence electrons. The van der Waals surface area contributed by atoms with E-state index < -0.39 is 24.3 Å². The Morgan fingerprint density at radius 1 is 1.11 bits per heavy atom. The number of hydrogen-bond donors (Lipinski definition) is 1. The number of nitrogens with zero attached hydrogens (tertiary/aromatic N) is 3. The first kappa shape index (κ1) is 17.0. The second-order valence-corrected chi connectivity index (χ2v) is 5.93. The molecule has 27 heavy (non-hydrogen) atoms. The van der Waals surface area contributed by atoms with E-state index in [1.807, 2.05) is 12.1 Å². The fourth-order valence-corrected chi connectivity index (χ4v) is 2.99. The van der Waals surface area contributed by atoms with E-state index in [-0.39, 0.29) is 11.5 Å². The Hall–Kier alpha value is -3.49. The van der Waals surface area contributed by atoms with Gasteiger partial charge < -0.3 is 0 Å². The summed E-state index contributed by atoms with van der Waals surface area (Å²) in [5.41, 5.74) is 2.32. The maximum atomic E-state index is 12.5. The van der Waals surface area contributed by atoms with E-state index in [0.29, 0.717) is 11.1 Å². The van der Waals surface area contributed by atoms with Crippen LogP contribution in [0.25, 0.3) is 10.8 Å². The highest BCUT2D eigenvalue weighted by Crippen LogP contribution is 2.31. The van der Waals surface area contributed by atoms with Gasteiger partial charge in [-0.1, -0.05) is 36.4 Å². The summed E-state index contributed by atoms with van der Waals surface area (Å²) in [6.45, 7) is -0.460. The molecule has 0 spiro atoms. The van der Waals surface area contributed by atoms with E-state index in [0.717, 1.165) is 27.7 Å². The van der Waals surface area contributed by atoms with E-state index in [1.165, 1.54) is 0 Å². The van der Waals surface area contributed by atoms with Crippen LogP contribution < -0.4 is 5.43 Å². The molecule has 1 N–H and O–H groups in total. The van der Waals surface area contributed by atoms with Crippen molar-refractivity contribution in [1.82, 2.24) is 15.2 Å². The van der Waals surface area contributed by atoms with Crippen LogP contribution in [0, 0.1) is 0 Å². The number of alkyl halides is 3. The molecule has 0 fully saturated rings. The van der Waals surface area contributed by atoms with E-state index in [1.54, 1.807) is 24.3 Å². The number of hydrogen-bond acceptors (Lipinski definition) is 4. The van der Waals surface area contributed by atoms with Crippen molar-refractivity contribution in [2.45, 2.75) is 12.7 Å². The first-order valence-electron chi connectivity index (χ1n) is 7.88. The normalized spacial score (nSPS) is 14.9. The Balaban J connectivity index is 1.54. The lowest BCUT2D eigenvalue weighted by atomic mass is 10.1. The van der Waals surface area contributed by atoms with Gasteiger partial charge in [-0.05, 0) is 11.5 Å². The summed E-state index contributed by atoms with van der Waals surface area (Å²) in [5, 5.41) is 8.84. The van der Waals surface area contributed by atoms with Gasteiger partial charge in [0.15, 0.2) is 5.69 Å². The minimum Gasteiger partial charge on any atom is -0.287 e. The minimum absolute atomic E-state index is 0.0894. The maximum absolute atomic E-state index is 12.5. The van der Waals surface area contributed by atoms with E-state index in [4.69, 9.17) is 0 Å². The van der Waals surface area contributed by atoms with Crippen LogP contribution in [0.2, 0.25) is 0 Å². The van der Waals surface area contributed by atoms with Crippen molar-refractivity contribution in [3.05, 3.63) is 65.5 Å². The smallest absolute Gasteiger partial charge is 0.287 e. The number of amides is 1.